The van der Waals surface area contributed by atoms with Crippen LogP contribution in [0, 0.1) is 11.6 Å². The molecular formula is C30H37F2N7O3S. The molecule has 230 valence electrons. The van der Waals surface area contributed by atoms with E-state index in [0.717, 1.165) is 74.8 Å². The van der Waals surface area contributed by atoms with E-state index in [4.69, 9.17) is 0 Å². The Balaban J connectivity index is 1.22. The topological polar surface area (TPSA) is 114 Å². The zero-order chi connectivity index (χ0) is 30.1. The number of nitrogens with zero attached hydrogens (tertiary/aromatic N) is 4. The first-order chi connectivity index (χ1) is 20.7. The number of ketones is 1. The number of H-pyrrole nitrogens is 1. The van der Waals surface area contributed by atoms with E-state index in [1.54, 1.807) is 0 Å². The predicted octanol–water partition coefficient (Wildman–Crippen LogP) is 2.78. The molecule has 13 heteroatoms. The zero-order valence-corrected chi connectivity index (χ0v) is 25.0. The predicted molar refractivity (Wildman–Crippen MR) is 160 cm³/mol. The Bertz CT molecular complexity index is 1580. The number of Topliss-reactive ketones (excluding diaryl/α,β-unsaturated/α-hetero) is 1. The third-order valence-electron chi connectivity index (χ3n) is 8.66. The molecule has 1 aromatic heterocycles. The number of likely N-dealkylation sites (N-methyl/N-ethyl adjacent to an activating group) is 1. The van der Waals surface area contributed by atoms with Crippen LogP contribution in [0.2, 0.25) is 0 Å². The standard InChI is InChI=1S/C30H37F2N7O3S/c1-37-9-11-38(12-10-37)23-4-5-25(28(16-23)34-18-22-3-2-7-33-22)30(40)17-29-26-19-39(8-6-27(26)35-36-29)43(41,42)24-14-20(31)13-21(32)15-24/h4-5,13-16,22,33-34H,2-3,6-12,17-19H2,1H3,(H,35,36)/t22-/m1/s1. The average molecular weight is 614 g/mol. The van der Waals surface area contributed by atoms with Crippen molar-refractivity contribution in [3.8, 4) is 0 Å². The average Bonchev–Trinajstić information content (AvgIpc) is 3.66. The van der Waals surface area contributed by atoms with Crippen LogP contribution in [-0.2, 0) is 29.4 Å². The smallest absolute Gasteiger partial charge is 0.243 e. The van der Waals surface area contributed by atoms with Crippen molar-refractivity contribution in [3.63, 3.8) is 0 Å². The van der Waals surface area contributed by atoms with Gasteiger partial charge in [-0.15, -0.1) is 0 Å². The zero-order valence-electron chi connectivity index (χ0n) is 24.2. The summed E-state index contributed by atoms with van der Waals surface area (Å²) >= 11 is 0. The minimum atomic E-state index is -4.16. The third-order valence-corrected chi connectivity index (χ3v) is 10.5. The van der Waals surface area contributed by atoms with Crippen LogP contribution in [0.4, 0.5) is 20.2 Å². The van der Waals surface area contributed by atoms with Gasteiger partial charge >= 0.3 is 0 Å². The number of carbonyl (C=O) groups is 1. The number of rotatable bonds is 9. The van der Waals surface area contributed by atoms with Crippen molar-refractivity contribution in [1.29, 1.82) is 0 Å². The number of hydrogen-bond acceptors (Lipinski definition) is 8. The molecule has 2 saturated heterocycles. The molecule has 3 aliphatic rings. The molecule has 0 radical (unpaired) electrons. The number of benzene rings is 2. The number of anilines is 2. The van der Waals surface area contributed by atoms with Crippen molar-refractivity contribution >= 4 is 27.2 Å². The molecule has 6 rings (SSSR count). The van der Waals surface area contributed by atoms with Crippen molar-refractivity contribution in [2.45, 2.75) is 43.2 Å². The van der Waals surface area contributed by atoms with Gasteiger partial charge in [0.1, 0.15) is 11.6 Å². The van der Waals surface area contributed by atoms with Crippen LogP contribution in [0.1, 0.15) is 40.2 Å². The molecular weight excluding hydrogens is 576 g/mol. The van der Waals surface area contributed by atoms with E-state index in [0.29, 0.717) is 41.9 Å². The van der Waals surface area contributed by atoms with Gasteiger partial charge in [-0.2, -0.15) is 9.40 Å². The minimum Gasteiger partial charge on any atom is -0.383 e. The fourth-order valence-corrected chi connectivity index (χ4v) is 7.55. The SMILES string of the molecule is CN1CCN(c2ccc(C(=O)Cc3n[nH]c4c3CN(S(=O)(=O)c3cc(F)cc(F)c3)CC4)c(NC[C@H]3CCCN3)c2)CC1. The van der Waals surface area contributed by atoms with E-state index in [1.165, 1.54) is 4.31 Å². The van der Waals surface area contributed by atoms with Crippen molar-refractivity contribution in [2.24, 2.45) is 0 Å². The summed E-state index contributed by atoms with van der Waals surface area (Å²) in [5, 5.41) is 14.4. The monoisotopic (exact) mass is 613 g/mol. The van der Waals surface area contributed by atoms with Gasteiger partial charge in [0.15, 0.2) is 5.78 Å². The molecule has 4 heterocycles. The molecule has 43 heavy (non-hydrogen) atoms. The molecule has 3 aromatic rings. The molecule has 0 amide bonds. The lowest BCUT2D eigenvalue weighted by atomic mass is 9.99. The Kier molecular flexibility index (Phi) is 8.49. The van der Waals surface area contributed by atoms with E-state index in [2.05, 4.69) is 43.7 Å². The lowest BCUT2D eigenvalue weighted by Gasteiger charge is -2.34. The normalized spacial score (nSPS) is 19.9. The van der Waals surface area contributed by atoms with E-state index < -0.39 is 26.6 Å². The van der Waals surface area contributed by atoms with Crippen LogP contribution in [0.5, 0.6) is 0 Å². The number of nitrogens with one attached hydrogen (secondary N) is 3. The van der Waals surface area contributed by atoms with Crippen molar-refractivity contribution in [2.75, 3.05) is 63.1 Å². The number of halogens is 2. The first kappa shape index (κ1) is 29.7. The first-order valence-electron chi connectivity index (χ1n) is 14.8. The van der Waals surface area contributed by atoms with E-state index in [9.17, 15) is 22.0 Å². The van der Waals surface area contributed by atoms with Gasteiger partial charge in [0, 0.05) is 92.5 Å². The highest BCUT2D eigenvalue weighted by atomic mass is 32.2. The summed E-state index contributed by atoms with van der Waals surface area (Å²) in [7, 11) is -2.05. The molecule has 1 atom stereocenters. The lowest BCUT2D eigenvalue weighted by molar-refractivity contribution is 0.0992. The highest BCUT2D eigenvalue weighted by Crippen LogP contribution is 2.30. The second-order valence-corrected chi connectivity index (χ2v) is 13.6. The molecule has 0 saturated carbocycles. The van der Waals surface area contributed by atoms with E-state index >= 15 is 0 Å². The van der Waals surface area contributed by atoms with Gasteiger partial charge in [0.25, 0.3) is 0 Å². The molecule has 10 nitrogen and oxygen atoms in total. The highest BCUT2D eigenvalue weighted by Gasteiger charge is 2.32. The third kappa shape index (κ3) is 6.44. The van der Waals surface area contributed by atoms with E-state index in [1.807, 2.05) is 12.1 Å². The first-order valence-corrected chi connectivity index (χ1v) is 16.2. The fourth-order valence-electron chi connectivity index (χ4n) is 6.10. The maximum absolute atomic E-state index is 13.8. The Morgan fingerprint density at radius 3 is 2.56 bits per heavy atom. The molecule has 3 aliphatic heterocycles. The lowest BCUT2D eigenvalue weighted by Crippen LogP contribution is -2.44. The van der Waals surface area contributed by atoms with Crippen LogP contribution in [0.25, 0.3) is 0 Å². The van der Waals surface area contributed by atoms with Crippen LogP contribution >= 0.6 is 0 Å². The van der Waals surface area contributed by atoms with Gasteiger partial charge in [0.2, 0.25) is 10.0 Å². The number of aromatic nitrogens is 2. The van der Waals surface area contributed by atoms with Gasteiger partial charge in [-0.3, -0.25) is 9.89 Å². The van der Waals surface area contributed by atoms with Crippen molar-refractivity contribution in [1.82, 2.24) is 24.7 Å². The Hall–Kier alpha value is -3.39. The number of hydrogen-bond donors (Lipinski definition) is 3. The van der Waals surface area contributed by atoms with Gasteiger partial charge < -0.3 is 20.4 Å². The summed E-state index contributed by atoms with van der Waals surface area (Å²) in [4.78, 5) is 18.0. The van der Waals surface area contributed by atoms with Crippen LogP contribution in [-0.4, -0.2) is 92.5 Å². The summed E-state index contributed by atoms with van der Waals surface area (Å²) in [5.74, 6) is -2.05. The molecule has 0 unspecified atom stereocenters. The Labute approximate surface area is 250 Å². The number of sulfonamides is 1. The molecule has 3 N–H and O–H groups in total. The number of fused-ring (bicyclic) bond motifs is 1. The number of aromatic amines is 1. The maximum Gasteiger partial charge on any atom is 0.243 e. The Morgan fingerprint density at radius 2 is 1.84 bits per heavy atom. The highest BCUT2D eigenvalue weighted by molar-refractivity contribution is 7.89. The summed E-state index contributed by atoms with van der Waals surface area (Å²) < 4.78 is 55.3. The molecule has 0 aliphatic carbocycles. The summed E-state index contributed by atoms with van der Waals surface area (Å²) in [5.41, 5.74) is 4.25. The van der Waals surface area contributed by atoms with Crippen LogP contribution < -0.4 is 15.5 Å². The largest absolute Gasteiger partial charge is 0.383 e. The number of piperazine rings is 1. The van der Waals surface area contributed by atoms with Gasteiger partial charge in [-0.25, -0.2) is 17.2 Å². The molecule has 0 spiro atoms. The molecule has 0 bridgehead atoms. The van der Waals surface area contributed by atoms with Gasteiger partial charge in [-0.1, -0.05) is 0 Å². The summed E-state index contributed by atoms with van der Waals surface area (Å²) in [6.07, 6.45) is 2.53. The van der Waals surface area contributed by atoms with Gasteiger partial charge in [0.05, 0.1) is 17.0 Å². The van der Waals surface area contributed by atoms with Crippen LogP contribution in [0.15, 0.2) is 41.3 Å². The Morgan fingerprint density at radius 1 is 1.07 bits per heavy atom. The van der Waals surface area contributed by atoms with Crippen molar-refractivity contribution < 1.29 is 22.0 Å². The quantitative estimate of drug-likeness (QED) is 0.316. The van der Waals surface area contributed by atoms with Crippen LogP contribution in [0.3, 0.4) is 0 Å². The fraction of sp³-hybridized carbons (Fsp3) is 0.467. The summed E-state index contributed by atoms with van der Waals surface area (Å²) in [6.45, 7) is 5.54. The minimum absolute atomic E-state index is 0.0153. The maximum atomic E-state index is 13.8. The second kappa shape index (κ2) is 12.3. The number of carbonyl (C=O) groups excluding carboxylic acids is 1. The van der Waals surface area contributed by atoms with Gasteiger partial charge in [-0.05, 0) is 56.8 Å². The van der Waals surface area contributed by atoms with E-state index in [-0.39, 0.29) is 25.3 Å². The second-order valence-electron chi connectivity index (χ2n) is 11.6. The molecule has 2 aromatic carbocycles. The summed E-state index contributed by atoms with van der Waals surface area (Å²) in [6, 6.07) is 8.52. The van der Waals surface area contributed by atoms with Crippen molar-refractivity contribution in [3.05, 3.63) is 70.5 Å². The molecule has 2 fully saturated rings.